The number of aliphatic carboxylic acids is 1. The largest absolute Gasteiger partial charge is 0.489 e. The van der Waals surface area contributed by atoms with Gasteiger partial charge in [-0.05, 0) is 26.0 Å². The second-order valence-corrected chi connectivity index (χ2v) is 5.09. The average Bonchev–Trinajstić information content (AvgIpc) is 2.21. The van der Waals surface area contributed by atoms with Gasteiger partial charge in [0.2, 0.25) is 5.82 Å². The van der Waals surface area contributed by atoms with Gasteiger partial charge in [-0.25, -0.2) is 4.39 Å². The highest BCUT2D eigenvalue weighted by atomic mass is 79.9. The quantitative estimate of drug-likeness (QED) is 0.869. The summed E-state index contributed by atoms with van der Waals surface area (Å²) in [5.41, 5.74) is -1.18. The summed E-state index contributed by atoms with van der Waals surface area (Å²) < 4.78 is 31.6. The van der Waals surface area contributed by atoms with Crippen LogP contribution in [0.2, 0.25) is 0 Å². The molecule has 0 saturated carbocycles. The Morgan fingerprint density at radius 2 is 2.06 bits per heavy atom. The van der Waals surface area contributed by atoms with Gasteiger partial charge in [0.05, 0.1) is 5.41 Å². The molecule has 0 aliphatic rings. The summed E-state index contributed by atoms with van der Waals surface area (Å²) in [6.07, 6.45) is 0. The second kappa shape index (κ2) is 5.00. The molecule has 0 fully saturated rings. The Hall–Kier alpha value is -1.17. The maximum absolute atomic E-state index is 13.3. The number of hydrogen-bond donors (Lipinski definition) is 1. The molecule has 0 amide bonds. The highest BCUT2D eigenvalue weighted by molar-refractivity contribution is 9.10. The smallest absolute Gasteiger partial charge is 0.312 e. The number of carboxylic acid groups (broad SMARTS) is 1. The number of hydrogen-bond acceptors (Lipinski definition) is 2. The molecule has 0 aromatic heterocycles. The number of benzene rings is 1. The highest BCUT2D eigenvalue weighted by Crippen LogP contribution is 2.27. The fraction of sp³-hybridized carbons (Fsp3) is 0.364. The Morgan fingerprint density at radius 3 is 2.59 bits per heavy atom. The molecule has 17 heavy (non-hydrogen) atoms. The van der Waals surface area contributed by atoms with Crippen molar-refractivity contribution in [1.29, 1.82) is 0 Å². The molecule has 0 atom stereocenters. The van der Waals surface area contributed by atoms with Gasteiger partial charge in [0.15, 0.2) is 11.6 Å². The monoisotopic (exact) mass is 308 g/mol. The maximum atomic E-state index is 13.3. The van der Waals surface area contributed by atoms with Crippen LogP contribution >= 0.6 is 15.9 Å². The lowest BCUT2D eigenvalue weighted by molar-refractivity contribution is -0.148. The molecule has 0 aliphatic heterocycles. The van der Waals surface area contributed by atoms with Gasteiger partial charge in [-0.15, -0.1) is 0 Å². The van der Waals surface area contributed by atoms with Crippen molar-refractivity contribution in [2.45, 2.75) is 13.8 Å². The number of halogens is 3. The predicted molar refractivity (Wildman–Crippen MR) is 61.0 cm³/mol. The lowest BCUT2D eigenvalue weighted by Crippen LogP contribution is -2.30. The van der Waals surface area contributed by atoms with E-state index in [1.807, 2.05) is 0 Å². The molecule has 3 nitrogen and oxygen atoms in total. The average molecular weight is 309 g/mol. The van der Waals surface area contributed by atoms with Crippen LogP contribution in [0.4, 0.5) is 8.78 Å². The van der Waals surface area contributed by atoms with Crippen LogP contribution in [0.25, 0.3) is 0 Å². The standard InChI is InChI=1S/C11H11BrF2O3/c1-11(2,10(15)16)5-17-8-4-6(12)3-7(13)9(8)14/h3-4H,5H2,1-2H3,(H,15,16). The normalized spacial score (nSPS) is 11.4. The molecule has 0 bridgehead atoms. The third-order valence-corrected chi connectivity index (χ3v) is 2.58. The first-order valence-electron chi connectivity index (χ1n) is 4.75. The molecule has 0 radical (unpaired) electrons. The first-order valence-corrected chi connectivity index (χ1v) is 5.54. The zero-order valence-corrected chi connectivity index (χ0v) is 10.8. The maximum Gasteiger partial charge on any atom is 0.312 e. The van der Waals surface area contributed by atoms with Crippen LogP contribution in [0.3, 0.4) is 0 Å². The summed E-state index contributed by atoms with van der Waals surface area (Å²) >= 11 is 2.99. The first-order chi connectivity index (χ1) is 7.74. The molecular formula is C11H11BrF2O3. The summed E-state index contributed by atoms with van der Waals surface area (Å²) in [7, 11) is 0. The second-order valence-electron chi connectivity index (χ2n) is 4.18. The van der Waals surface area contributed by atoms with Gasteiger partial charge in [0, 0.05) is 4.47 Å². The van der Waals surface area contributed by atoms with E-state index in [1.165, 1.54) is 19.9 Å². The van der Waals surface area contributed by atoms with Gasteiger partial charge in [-0.3, -0.25) is 4.79 Å². The SMILES string of the molecule is CC(C)(COc1cc(Br)cc(F)c1F)C(=O)O. The topological polar surface area (TPSA) is 46.5 Å². The van der Waals surface area contributed by atoms with Crippen LogP contribution in [0.15, 0.2) is 16.6 Å². The van der Waals surface area contributed by atoms with Crippen molar-refractivity contribution in [3.63, 3.8) is 0 Å². The molecule has 1 rings (SSSR count). The zero-order valence-electron chi connectivity index (χ0n) is 9.26. The van der Waals surface area contributed by atoms with Crippen molar-refractivity contribution in [3.05, 3.63) is 28.2 Å². The van der Waals surface area contributed by atoms with Crippen LogP contribution in [0.5, 0.6) is 5.75 Å². The summed E-state index contributed by atoms with van der Waals surface area (Å²) in [6, 6.07) is 2.21. The van der Waals surface area contributed by atoms with Crippen LogP contribution in [0, 0.1) is 17.0 Å². The van der Waals surface area contributed by atoms with E-state index in [0.29, 0.717) is 4.47 Å². The summed E-state index contributed by atoms with van der Waals surface area (Å²) in [5, 5.41) is 8.84. The predicted octanol–water partition coefficient (Wildman–Crippen LogP) is 3.22. The lowest BCUT2D eigenvalue weighted by Gasteiger charge is -2.19. The Morgan fingerprint density at radius 1 is 1.47 bits per heavy atom. The van der Waals surface area contributed by atoms with Crippen LogP contribution < -0.4 is 4.74 Å². The van der Waals surface area contributed by atoms with Crippen LogP contribution in [-0.2, 0) is 4.79 Å². The molecule has 0 saturated heterocycles. The van der Waals surface area contributed by atoms with Gasteiger partial charge < -0.3 is 9.84 Å². The van der Waals surface area contributed by atoms with Crippen molar-refractivity contribution < 1.29 is 23.4 Å². The van der Waals surface area contributed by atoms with Crippen LogP contribution in [-0.4, -0.2) is 17.7 Å². The third kappa shape index (κ3) is 3.39. The zero-order chi connectivity index (χ0) is 13.2. The summed E-state index contributed by atoms with van der Waals surface area (Å²) in [6.45, 7) is 2.61. The molecule has 1 N–H and O–H groups in total. The van der Waals surface area contributed by atoms with Gasteiger partial charge in [-0.1, -0.05) is 15.9 Å². The van der Waals surface area contributed by atoms with E-state index in [-0.39, 0.29) is 12.4 Å². The summed E-state index contributed by atoms with van der Waals surface area (Å²) in [5.74, 6) is -3.57. The first kappa shape index (κ1) is 13.9. The van der Waals surface area contributed by atoms with Crippen molar-refractivity contribution >= 4 is 21.9 Å². The fourth-order valence-electron chi connectivity index (χ4n) is 0.957. The van der Waals surface area contributed by atoms with E-state index in [2.05, 4.69) is 15.9 Å². The van der Waals surface area contributed by atoms with E-state index < -0.39 is 23.0 Å². The Labute approximate surface area is 106 Å². The number of carbonyl (C=O) groups is 1. The van der Waals surface area contributed by atoms with Crippen LogP contribution in [0.1, 0.15) is 13.8 Å². The van der Waals surface area contributed by atoms with Gasteiger partial charge >= 0.3 is 5.97 Å². The van der Waals surface area contributed by atoms with Crippen molar-refractivity contribution in [2.24, 2.45) is 5.41 Å². The minimum absolute atomic E-state index is 0.255. The molecule has 1 aromatic rings. The van der Waals surface area contributed by atoms with Crippen molar-refractivity contribution in [3.8, 4) is 5.75 Å². The molecule has 0 spiro atoms. The molecule has 6 heteroatoms. The Bertz CT molecular complexity index is 447. The van der Waals surface area contributed by atoms with Crippen molar-refractivity contribution in [1.82, 2.24) is 0 Å². The van der Waals surface area contributed by atoms with E-state index in [4.69, 9.17) is 9.84 Å². The molecule has 94 valence electrons. The van der Waals surface area contributed by atoms with E-state index in [9.17, 15) is 13.6 Å². The number of ether oxygens (including phenoxy) is 1. The molecule has 1 aromatic carbocycles. The molecule has 0 heterocycles. The third-order valence-electron chi connectivity index (χ3n) is 2.13. The van der Waals surface area contributed by atoms with E-state index >= 15 is 0 Å². The van der Waals surface area contributed by atoms with Gasteiger partial charge in [0.1, 0.15) is 6.61 Å². The van der Waals surface area contributed by atoms with Gasteiger partial charge in [0.25, 0.3) is 0 Å². The minimum Gasteiger partial charge on any atom is -0.489 e. The Kier molecular flexibility index (Phi) is 4.08. The van der Waals surface area contributed by atoms with E-state index in [1.54, 1.807) is 0 Å². The number of carboxylic acids is 1. The fourth-order valence-corrected chi connectivity index (χ4v) is 1.37. The van der Waals surface area contributed by atoms with Gasteiger partial charge in [-0.2, -0.15) is 4.39 Å². The molecule has 0 unspecified atom stereocenters. The number of rotatable bonds is 4. The van der Waals surface area contributed by atoms with E-state index in [0.717, 1.165) is 6.07 Å². The molecule has 0 aliphatic carbocycles. The molecular weight excluding hydrogens is 298 g/mol. The van der Waals surface area contributed by atoms with Crippen molar-refractivity contribution in [2.75, 3.05) is 6.61 Å². The lowest BCUT2D eigenvalue weighted by atomic mass is 9.95. The highest BCUT2D eigenvalue weighted by Gasteiger charge is 2.28. The summed E-state index contributed by atoms with van der Waals surface area (Å²) in [4.78, 5) is 10.8. The minimum atomic E-state index is -1.18. The Balaban J connectivity index is 2.87.